The molecule has 10 heavy (non-hydrogen) atoms. The molecule has 0 aliphatic carbocycles. The quantitative estimate of drug-likeness (QED) is 0.566. The maximum Gasteiger partial charge on any atom is 0.0128 e. The molecule has 0 amide bonds. The van der Waals surface area contributed by atoms with Crippen LogP contribution in [-0.4, -0.2) is 18.6 Å². The van der Waals surface area contributed by atoms with Crippen LogP contribution in [0.5, 0.6) is 0 Å². The van der Waals surface area contributed by atoms with Crippen molar-refractivity contribution < 1.29 is 0 Å². The van der Waals surface area contributed by atoms with Gasteiger partial charge in [-0.2, -0.15) is 0 Å². The van der Waals surface area contributed by atoms with Crippen molar-refractivity contribution in [2.24, 2.45) is 11.7 Å². The molecular weight excluding hydrogens is 124 g/mol. The highest BCUT2D eigenvalue weighted by atomic mass is 15.0. The Bertz CT molecular complexity index is 110. The number of hydrogen-bond donors (Lipinski definition) is 2. The predicted octanol–water partition coefficient (Wildman–Crippen LogP) is 0.723. The van der Waals surface area contributed by atoms with Gasteiger partial charge in [0.05, 0.1) is 0 Å². The molecule has 1 unspecified atom stereocenters. The Morgan fingerprint density at radius 2 is 2.30 bits per heavy atom. The van der Waals surface area contributed by atoms with Gasteiger partial charge >= 0.3 is 0 Å². The van der Waals surface area contributed by atoms with Crippen molar-refractivity contribution in [1.82, 2.24) is 5.32 Å². The highest BCUT2D eigenvalue weighted by molar-refractivity contribution is 4.85. The van der Waals surface area contributed by atoms with E-state index in [0.717, 1.165) is 19.0 Å². The first-order chi connectivity index (χ1) is 4.64. The zero-order valence-corrected chi connectivity index (χ0v) is 6.98. The Kier molecular flexibility index (Phi) is 2.32. The zero-order chi connectivity index (χ0) is 7.61. The molecule has 1 fully saturated rings. The summed E-state index contributed by atoms with van der Waals surface area (Å²) in [7, 11) is 0. The molecule has 1 heterocycles. The molecule has 1 atom stereocenters. The van der Waals surface area contributed by atoms with Gasteiger partial charge in [-0.05, 0) is 45.7 Å². The SMILES string of the molecule is CC1(C)CC(CN)CCN1. The van der Waals surface area contributed by atoms with Gasteiger partial charge in [0, 0.05) is 5.54 Å². The summed E-state index contributed by atoms with van der Waals surface area (Å²) in [5.41, 5.74) is 5.92. The van der Waals surface area contributed by atoms with Crippen LogP contribution >= 0.6 is 0 Å². The molecule has 2 heteroatoms. The minimum atomic E-state index is 0.322. The van der Waals surface area contributed by atoms with E-state index in [1.165, 1.54) is 12.8 Å². The number of hydrogen-bond acceptors (Lipinski definition) is 2. The van der Waals surface area contributed by atoms with Gasteiger partial charge in [-0.15, -0.1) is 0 Å². The summed E-state index contributed by atoms with van der Waals surface area (Å²) in [5.74, 6) is 0.747. The molecule has 0 saturated carbocycles. The lowest BCUT2D eigenvalue weighted by molar-refractivity contribution is 0.235. The molecule has 0 aromatic heterocycles. The van der Waals surface area contributed by atoms with Gasteiger partial charge in [0.1, 0.15) is 0 Å². The van der Waals surface area contributed by atoms with Gasteiger partial charge in [0.2, 0.25) is 0 Å². The first-order valence-electron chi connectivity index (χ1n) is 4.09. The second-order valence-corrected chi connectivity index (χ2v) is 3.91. The molecule has 1 aliphatic rings. The number of nitrogens with one attached hydrogen (secondary N) is 1. The monoisotopic (exact) mass is 142 g/mol. The van der Waals surface area contributed by atoms with Crippen molar-refractivity contribution >= 4 is 0 Å². The Hall–Kier alpha value is -0.0800. The molecule has 1 aliphatic heterocycles. The van der Waals surface area contributed by atoms with Gasteiger partial charge in [0.25, 0.3) is 0 Å². The largest absolute Gasteiger partial charge is 0.330 e. The van der Waals surface area contributed by atoms with Crippen LogP contribution < -0.4 is 11.1 Å². The van der Waals surface area contributed by atoms with Gasteiger partial charge in [-0.1, -0.05) is 0 Å². The Labute approximate surface area is 63.2 Å². The topological polar surface area (TPSA) is 38.0 Å². The summed E-state index contributed by atoms with van der Waals surface area (Å²) in [4.78, 5) is 0. The van der Waals surface area contributed by atoms with Crippen molar-refractivity contribution in [3.63, 3.8) is 0 Å². The average Bonchev–Trinajstić information content (AvgIpc) is 1.86. The molecule has 1 saturated heterocycles. The second-order valence-electron chi connectivity index (χ2n) is 3.91. The van der Waals surface area contributed by atoms with E-state index in [1.807, 2.05) is 0 Å². The fourth-order valence-electron chi connectivity index (χ4n) is 1.71. The maximum atomic E-state index is 5.60. The summed E-state index contributed by atoms with van der Waals surface area (Å²) in [6, 6.07) is 0. The summed E-state index contributed by atoms with van der Waals surface area (Å²) < 4.78 is 0. The first kappa shape index (κ1) is 8.02. The molecule has 0 radical (unpaired) electrons. The van der Waals surface area contributed by atoms with Crippen molar-refractivity contribution in [3.05, 3.63) is 0 Å². The molecule has 60 valence electrons. The molecule has 0 aromatic rings. The highest BCUT2D eigenvalue weighted by Gasteiger charge is 2.25. The number of rotatable bonds is 1. The third kappa shape index (κ3) is 1.96. The van der Waals surface area contributed by atoms with E-state index in [2.05, 4.69) is 19.2 Å². The third-order valence-corrected chi connectivity index (χ3v) is 2.29. The Morgan fingerprint density at radius 3 is 2.70 bits per heavy atom. The lowest BCUT2D eigenvalue weighted by Crippen LogP contribution is -2.47. The normalized spacial score (nSPS) is 32.1. The molecule has 3 N–H and O–H groups in total. The highest BCUT2D eigenvalue weighted by Crippen LogP contribution is 2.22. The van der Waals surface area contributed by atoms with E-state index in [1.54, 1.807) is 0 Å². The van der Waals surface area contributed by atoms with E-state index in [4.69, 9.17) is 5.73 Å². The van der Waals surface area contributed by atoms with Crippen molar-refractivity contribution in [3.8, 4) is 0 Å². The van der Waals surface area contributed by atoms with Crippen LogP contribution in [0.4, 0.5) is 0 Å². The Balaban J connectivity index is 2.40. The van der Waals surface area contributed by atoms with Gasteiger partial charge < -0.3 is 11.1 Å². The molecule has 1 rings (SSSR count). The van der Waals surface area contributed by atoms with Gasteiger partial charge in [-0.25, -0.2) is 0 Å². The van der Waals surface area contributed by atoms with E-state index in [0.29, 0.717) is 5.54 Å². The Morgan fingerprint density at radius 1 is 1.60 bits per heavy atom. The summed E-state index contributed by atoms with van der Waals surface area (Å²) in [6.07, 6.45) is 2.48. The van der Waals surface area contributed by atoms with Crippen LogP contribution in [0.2, 0.25) is 0 Å². The molecule has 2 nitrogen and oxygen atoms in total. The molecule has 0 aromatic carbocycles. The van der Waals surface area contributed by atoms with Crippen molar-refractivity contribution in [2.45, 2.75) is 32.2 Å². The minimum Gasteiger partial charge on any atom is -0.330 e. The second kappa shape index (κ2) is 2.89. The maximum absolute atomic E-state index is 5.60. The van der Waals surface area contributed by atoms with Crippen LogP contribution in [0.25, 0.3) is 0 Å². The zero-order valence-electron chi connectivity index (χ0n) is 6.98. The predicted molar refractivity (Wildman–Crippen MR) is 43.9 cm³/mol. The summed E-state index contributed by atoms with van der Waals surface area (Å²) >= 11 is 0. The van der Waals surface area contributed by atoms with E-state index in [-0.39, 0.29) is 0 Å². The van der Waals surface area contributed by atoms with Crippen molar-refractivity contribution in [1.29, 1.82) is 0 Å². The van der Waals surface area contributed by atoms with Gasteiger partial charge in [-0.3, -0.25) is 0 Å². The lowest BCUT2D eigenvalue weighted by Gasteiger charge is -2.35. The van der Waals surface area contributed by atoms with E-state index >= 15 is 0 Å². The fraction of sp³-hybridized carbons (Fsp3) is 1.00. The molecular formula is C8H18N2. The minimum absolute atomic E-state index is 0.322. The van der Waals surface area contributed by atoms with E-state index in [9.17, 15) is 0 Å². The van der Waals surface area contributed by atoms with Crippen LogP contribution in [0.3, 0.4) is 0 Å². The van der Waals surface area contributed by atoms with Gasteiger partial charge in [0.15, 0.2) is 0 Å². The van der Waals surface area contributed by atoms with Crippen LogP contribution in [0.15, 0.2) is 0 Å². The summed E-state index contributed by atoms with van der Waals surface area (Å²) in [6.45, 7) is 6.48. The van der Waals surface area contributed by atoms with Crippen LogP contribution in [0, 0.1) is 5.92 Å². The smallest absolute Gasteiger partial charge is 0.0128 e. The number of nitrogens with two attached hydrogens (primary N) is 1. The lowest BCUT2D eigenvalue weighted by atomic mass is 9.85. The number of piperidine rings is 1. The fourth-order valence-corrected chi connectivity index (χ4v) is 1.71. The third-order valence-electron chi connectivity index (χ3n) is 2.29. The van der Waals surface area contributed by atoms with Crippen LogP contribution in [0.1, 0.15) is 26.7 Å². The molecule has 0 spiro atoms. The summed E-state index contributed by atoms with van der Waals surface area (Å²) in [5, 5.41) is 3.47. The van der Waals surface area contributed by atoms with E-state index < -0.39 is 0 Å². The van der Waals surface area contributed by atoms with Crippen molar-refractivity contribution in [2.75, 3.05) is 13.1 Å². The van der Waals surface area contributed by atoms with Crippen LogP contribution in [-0.2, 0) is 0 Å². The molecule has 0 bridgehead atoms. The average molecular weight is 142 g/mol. The standard InChI is InChI=1S/C8H18N2/c1-8(2)5-7(6-9)3-4-10-8/h7,10H,3-6,9H2,1-2H3. The first-order valence-corrected chi connectivity index (χ1v) is 4.09.